The average molecular weight is 131 g/mol. The van der Waals surface area contributed by atoms with Crippen LogP contribution in [0.25, 0.3) is 0 Å². The molecule has 0 aromatic carbocycles. The molecule has 49 valence electrons. The fourth-order valence-corrected chi connectivity index (χ4v) is 0.604. The minimum absolute atomic E-state index is 0.208. The minimum Gasteiger partial charge on any atom is -0.173 e. The molecule has 0 saturated heterocycles. The summed E-state index contributed by atoms with van der Waals surface area (Å²) in [5.41, 5.74) is 0. The van der Waals surface area contributed by atoms with E-state index in [2.05, 4.69) is 33.4 Å². The van der Waals surface area contributed by atoms with Crippen LogP contribution in [0.5, 0.6) is 0 Å². The van der Waals surface area contributed by atoms with Gasteiger partial charge in [0, 0.05) is 4.75 Å². The molecule has 1 heteroatoms. The molecule has 0 bridgehead atoms. The van der Waals surface area contributed by atoms with Crippen molar-refractivity contribution >= 4 is 12.6 Å². The van der Waals surface area contributed by atoms with Gasteiger partial charge in [-0.2, -0.15) is 12.6 Å². The maximum absolute atomic E-state index is 4.46. The fraction of sp³-hybridized carbons (Fsp3) is 0.857. The number of thiol groups is 1. The van der Waals surface area contributed by atoms with Crippen LogP contribution in [-0.4, -0.2) is 4.75 Å². The zero-order valence-electron chi connectivity index (χ0n) is 5.78. The third-order valence-corrected chi connectivity index (χ3v) is 2.64. The van der Waals surface area contributed by atoms with Crippen LogP contribution in [0.1, 0.15) is 33.1 Å². The van der Waals surface area contributed by atoms with E-state index >= 15 is 0 Å². The van der Waals surface area contributed by atoms with Crippen molar-refractivity contribution in [3.05, 3.63) is 6.92 Å². The Labute approximate surface area is 58.1 Å². The summed E-state index contributed by atoms with van der Waals surface area (Å²) in [5, 5.41) is 0. The van der Waals surface area contributed by atoms with Crippen molar-refractivity contribution in [1.82, 2.24) is 0 Å². The molecule has 0 aromatic heterocycles. The van der Waals surface area contributed by atoms with Gasteiger partial charge in [-0.05, 0) is 19.3 Å². The second kappa shape index (κ2) is 3.39. The molecular formula is C7H15S. The van der Waals surface area contributed by atoms with Crippen molar-refractivity contribution in [2.45, 2.75) is 37.9 Å². The quantitative estimate of drug-likeness (QED) is 0.559. The van der Waals surface area contributed by atoms with Crippen LogP contribution < -0.4 is 0 Å². The number of hydrogen-bond donors (Lipinski definition) is 1. The van der Waals surface area contributed by atoms with E-state index in [1.165, 1.54) is 0 Å². The fourth-order valence-electron chi connectivity index (χ4n) is 0.604. The second-order valence-corrected chi connectivity index (χ2v) is 3.13. The highest BCUT2D eigenvalue weighted by atomic mass is 32.1. The monoisotopic (exact) mass is 131 g/mol. The van der Waals surface area contributed by atoms with Crippen molar-refractivity contribution in [2.24, 2.45) is 0 Å². The minimum atomic E-state index is 0.208. The normalized spacial score (nSPS) is 12.0. The summed E-state index contributed by atoms with van der Waals surface area (Å²) in [6, 6.07) is 0. The van der Waals surface area contributed by atoms with Crippen LogP contribution in [0.4, 0.5) is 0 Å². The molecule has 0 saturated carbocycles. The van der Waals surface area contributed by atoms with Gasteiger partial charge in [0.15, 0.2) is 0 Å². The van der Waals surface area contributed by atoms with E-state index < -0.39 is 0 Å². The lowest BCUT2D eigenvalue weighted by Gasteiger charge is -2.22. The molecule has 0 rings (SSSR count). The Morgan fingerprint density at radius 1 is 1.38 bits per heavy atom. The number of rotatable bonds is 3. The molecule has 0 aliphatic carbocycles. The van der Waals surface area contributed by atoms with Crippen molar-refractivity contribution in [3.8, 4) is 0 Å². The first-order chi connectivity index (χ1) is 3.68. The lowest BCUT2D eigenvalue weighted by Crippen LogP contribution is -2.16. The summed E-state index contributed by atoms with van der Waals surface area (Å²) in [4.78, 5) is 0. The third-order valence-electron chi connectivity index (χ3n) is 1.78. The summed E-state index contributed by atoms with van der Waals surface area (Å²) < 4.78 is 0.208. The van der Waals surface area contributed by atoms with Crippen molar-refractivity contribution < 1.29 is 0 Å². The van der Waals surface area contributed by atoms with Gasteiger partial charge in [0.05, 0.1) is 0 Å². The standard InChI is InChI=1S/C7H15S/c1-4-7(8,5-2)6-3/h8H,1,4-6H2,2-3H3. The van der Waals surface area contributed by atoms with Gasteiger partial charge in [0.2, 0.25) is 0 Å². The van der Waals surface area contributed by atoms with E-state index in [1.807, 2.05) is 0 Å². The highest BCUT2D eigenvalue weighted by Gasteiger charge is 2.16. The summed E-state index contributed by atoms with van der Waals surface area (Å²) >= 11 is 4.46. The van der Waals surface area contributed by atoms with Gasteiger partial charge in [-0.3, -0.25) is 0 Å². The van der Waals surface area contributed by atoms with Crippen molar-refractivity contribution in [1.29, 1.82) is 0 Å². The summed E-state index contributed by atoms with van der Waals surface area (Å²) in [6.45, 7) is 8.13. The number of hydrogen-bond acceptors (Lipinski definition) is 1. The summed E-state index contributed by atoms with van der Waals surface area (Å²) in [7, 11) is 0. The van der Waals surface area contributed by atoms with Crippen LogP contribution in [0.3, 0.4) is 0 Å². The van der Waals surface area contributed by atoms with Crippen molar-refractivity contribution in [3.63, 3.8) is 0 Å². The maximum Gasteiger partial charge on any atom is 0.0124 e. The molecule has 0 nitrogen and oxygen atoms in total. The largest absolute Gasteiger partial charge is 0.173 e. The molecular weight excluding hydrogens is 116 g/mol. The Morgan fingerprint density at radius 2 is 1.75 bits per heavy atom. The van der Waals surface area contributed by atoms with Crippen LogP contribution in [0.2, 0.25) is 0 Å². The Balaban J connectivity index is 3.58. The third kappa shape index (κ3) is 2.08. The second-order valence-electron chi connectivity index (χ2n) is 2.18. The lowest BCUT2D eigenvalue weighted by molar-refractivity contribution is 0.558. The molecule has 0 heterocycles. The maximum atomic E-state index is 4.46. The van der Waals surface area contributed by atoms with Gasteiger partial charge in [-0.1, -0.05) is 20.8 Å². The van der Waals surface area contributed by atoms with Crippen LogP contribution in [0.15, 0.2) is 0 Å². The average Bonchev–Trinajstić information content (AvgIpc) is 1.87. The van der Waals surface area contributed by atoms with Crippen LogP contribution in [0, 0.1) is 6.92 Å². The van der Waals surface area contributed by atoms with Gasteiger partial charge in [-0.15, -0.1) is 0 Å². The lowest BCUT2D eigenvalue weighted by atomic mass is 9.99. The SMILES string of the molecule is [CH2]CC(S)(CC)CC. The van der Waals surface area contributed by atoms with Gasteiger partial charge in [-0.25, -0.2) is 0 Å². The molecule has 0 aromatic rings. The Bertz CT molecular complexity index is 47.1. The predicted molar refractivity (Wildman–Crippen MR) is 42.3 cm³/mol. The first kappa shape index (κ1) is 8.35. The van der Waals surface area contributed by atoms with E-state index in [1.54, 1.807) is 0 Å². The zero-order chi connectivity index (χ0) is 6.62. The predicted octanol–water partition coefficient (Wildman–Crippen LogP) is 2.70. The molecule has 0 fully saturated rings. The molecule has 0 N–H and O–H groups in total. The zero-order valence-corrected chi connectivity index (χ0v) is 6.67. The van der Waals surface area contributed by atoms with E-state index in [0.717, 1.165) is 19.3 Å². The van der Waals surface area contributed by atoms with Gasteiger partial charge in [0.25, 0.3) is 0 Å². The Kier molecular flexibility index (Phi) is 3.54. The van der Waals surface area contributed by atoms with Crippen molar-refractivity contribution in [2.75, 3.05) is 0 Å². The molecule has 0 atom stereocenters. The molecule has 8 heavy (non-hydrogen) atoms. The molecule has 0 unspecified atom stereocenters. The Hall–Kier alpha value is 0.350. The topological polar surface area (TPSA) is 0 Å². The smallest absolute Gasteiger partial charge is 0.0124 e. The summed E-state index contributed by atoms with van der Waals surface area (Å²) in [6.07, 6.45) is 3.18. The molecule has 0 aliphatic rings. The molecule has 1 radical (unpaired) electrons. The highest BCUT2D eigenvalue weighted by Crippen LogP contribution is 2.25. The highest BCUT2D eigenvalue weighted by molar-refractivity contribution is 7.81. The molecule has 0 amide bonds. The van der Waals surface area contributed by atoms with Gasteiger partial charge >= 0.3 is 0 Å². The molecule has 0 spiro atoms. The van der Waals surface area contributed by atoms with E-state index in [4.69, 9.17) is 0 Å². The Morgan fingerprint density at radius 3 is 1.75 bits per heavy atom. The van der Waals surface area contributed by atoms with Gasteiger partial charge < -0.3 is 0 Å². The first-order valence-electron chi connectivity index (χ1n) is 3.20. The van der Waals surface area contributed by atoms with E-state index in [-0.39, 0.29) is 4.75 Å². The summed E-state index contributed by atoms with van der Waals surface area (Å²) in [5.74, 6) is 0. The van der Waals surface area contributed by atoms with E-state index in [9.17, 15) is 0 Å². The van der Waals surface area contributed by atoms with Crippen LogP contribution >= 0.6 is 12.6 Å². The van der Waals surface area contributed by atoms with Gasteiger partial charge in [0.1, 0.15) is 0 Å². The van der Waals surface area contributed by atoms with Crippen LogP contribution in [-0.2, 0) is 0 Å². The van der Waals surface area contributed by atoms with E-state index in [0.29, 0.717) is 0 Å². The molecule has 0 aliphatic heterocycles. The first-order valence-corrected chi connectivity index (χ1v) is 3.65.